The first-order valence-corrected chi connectivity index (χ1v) is 7.66. The number of anilines is 2. The van der Waals surface area contributed by atoms with E-state index in [1.807, 2.05) is 0 Å². The molecule has 106 valence electrons. The number of hydrogen-bond donors (Lipinski definition) is 1. The zero-order valence-corrected chi connectivity index (χ0v) is 13.1. The first-order valence-electron chi connectivity index (χ1n) is 6.87. The molecule has 19 heavy (non-hydrogen) atoms. The summed E-state index contributed by atoms with van der Waals surface area (Å²) < 4.78 is 6.64. The lowest BCUT2D eigenvalue weighted by molar-refractivity contribution is 0.115. The second kappa shape index (κ2) is 7.05. The fourth-order valence-electron chi connectivity index (χ4n) is 2.27. The maximum Gasteiger partial charge on any atom is 0.148 e. The van der Waals surface area contributed by atoms with Crippen molar-refractivity contribution in [1.82, 2.24) is 9.97 Å². The highest BCUT2D eigenvalue weighted by Gasteiger charge is 2.21. The second-order valence-corrected chi connectivity index (χ2v) is 5.36. The van der Waals surface area contributed by atoms with E-state index in [-0.39, 0.29) is 0 Å². The van der Waals surface area contributed by atoms with Crippen molar-refractivity contribution in [3.8, 4) is 0 Å². The lowest BCUT2D eigenvalue weighted by Crippen LogP contribution is -2.33. The van der Waals surface area contributed by atoms with Gasteiger partial charge in [0.1, 0.15) is 22.4 Å². The van der Waals surface area contributed by atoms with Gasteiger partial charge in [0.2, 0.25) is 0 Å². The zero-order chi connectivity index (χ0) is 13.7. The van der Waals surface area contributed by atoms with E-state index in [1.165, 1.54) is 0 Å². The fraction of sp³-hybridized carbons (Fsp3) is 0.692. The van der Waals surface area contributed by atoms with Gasteiger partial charge in [0.05, 0.1) is 6.10 Å². The lowest BCUT2D eigenvalue weighted by Gasteiger charge is -2.26. The molecule has 1 fully saturated rings. The topological polar surface area (TPSA) is 50.3 Å². The van der Waals surface area contributed by atoms with Gasteiger partial charge in [-0.15, -0.1) is 0 Å². The van der Waals surface area contributed by atoms with Crippen molar-refractivity contribution in [2.75, 3.05) is 36.5 Å². The van der Waals surface area contributed by atoms with Gasteiger partial charge in [-0.05, 0) is 42.6 Å². The summed E-state index contributed by atoms with van der Waals surface area (Å²) in [5.41, 5.74) is 0. The SMILES string of the molecule is CCNc1ncnc(N(CC)CC2CCCO2)c1Br. The first-order chi connectivity index (χ1) is 9.26. The summed E-state index contributed by atoms with van der Waals surface area (Å²) >= 11 is 3.60. The Hall–Kier alpha value is -0.880. The van der Waals surface area contributed by atoms with Crippen LogP contribution in [-0.4, -0.2) is 42.3 Å². The van der Waals surface area contributed by atoms with Crippen LogP contribution < -0.4 is 10.2 Å². The molecule has 0 aromatic carbocycles. The molecule has 0 radical (unpaired) electrons. The molecule has 1 saturated heterocycles. The Morgan fingerprint density at radius 3 is 2.95 bits per heavy atom. The molecule has 1 N–H and O–H groups in total. The van der Waals surface area contributed by atoms with Crippen LogP contribution >= 0.6 is 15.9 Å². The van der Waals surface area contributed by atoms with Crippen LogP contribution in [0.25, 0.3) is 0 Å². The van der Waals surface area contributed by atoms with Gasteiger partial charge in [0.25, 0.3) is 0 Å². The third kappa shape index (κ3) is 3.57. The van der Waals surface area contributed by atoms with Crippen LogP contribution in [0.15, 0.2) is 10.8 Å². The molecule has 5 nitrogen and oxygen atoms in total. The average Bonchev–Trinajstić information content (AvgIpc) is 2.92. The van der Waals surface area contributed by atoms with Crippen molar-refractivity contribution >= 4 is 27.6 Å². The Morgan fingerprint density at radius 2 is 2.32 bits per heavy atom. The van der Waals surface area contributed by atoms with Crippen LogP contribution in [0.1, 0.15) is 26.7 Å². The Balaban J connectivity index is 2.14. The summed E-state index contributed by atoms with van der Waals surface area (Å²) in [5.74, 6) is 1.78. The lowest BCUT2D eigenvalue weighted by atomic mass is 10.2. The minimum atomic E-state index is 0.324. The van der Waals surface area contributed by atoms with Crippen molar-refractivity contribution in [2.24, 2.45) is 0 Å². The van der Waals surface area contributed by atoms with Crippen LogP contribution in [0.2, 0.25) is 0 Å². The Labute approximate surface area is 122 Å². The van der Waals surface area contributed by atoms with E-state index in [4.69, 9.17) is 4.74 Å². The van der Waals surface area contributed by atoms with Crippen molar-refractivity contribution in [3.63, 3.8) is 0 Å². The number of ether oxygens (including phenoxy) is 1. The normalized spacial score (nSPS) is 18.6. The van der Waals surface area contributed by atoms with Crippen molar-refractivity contribution in [3.05, 3.63) is 10.8 Å². The van der Waals surface area contributed by atoms with Gasteiger partial charge in [0.15, 0.2) is 0 Å². The number of hydrogen-bond acceptors (Lipinski definition) is 5. The van der Waals surface area contributed by atoms with E-state index < -0.39 is 0 Å². The first kappa shape index (κ1) is 14.5. The molecular formula is C13H21BrN4O. The van der Waals surface area contributed by atoms with Gasteiger partial charge < -0.3 is 15.0 Å². The molecule has 1 unspecified atom stereocenters. The molecule has 1 aromatic heterocycles. The summed E-state index contributed by atoms with van der Waals surface area (Å²) in [4.78, 5) is 10.9. The molecule has 1 aliphatic rings. The van der Waals surface area contributed by atoms with E-state index in [1.54, 1.807) is 6.33 Å². The zero-order valence-electron chi connectivity index (χ0n) is 11.5. The minimum absolute atomic E-state index is 0.324. The largest absolute Gasteiger partial charge is 0.376 e. The summed E-state index contributed by atoms with van der Waals surface area (Å²) in [7, 11) is 0. The number of rotatable bonds is 6. The summed E-state index contributed by atoms with van der Waals surface area (Å²) in [5, 5.41) is 3.23. The van der Waals surface area contributed by atoms with Crippen molar-refractivity contribution in [1.29, 1.82) is 0 Å². The quantitative estimate of drug-likeness (QED) is 0.870. The Morgan fingerprint density at radius 1 is 1.47 bits per heavy atom. The van der Waals surface area contributed by atoms with E-state index in [0.29, 0.717) is 6.10 Å². The maximum atomic E-state index is 5.71. The maximum absolute atomic E-state index is 5.71. The van der Waals surface area contributed by atoms with Crippen LogP contribution in [-0.2, 0) is 4.74 Å². The van der Waals surface area contributed by atoms with Crippen LogP contribution in [0.5, 0.6) is 0 Å². The third-order valence-corrected chi connectivity index (χ3v) is 3.97. The van der Waals surface area contributed by atoms with E-state index in [2.05, 4.69) is 50.0 Å². The molecule has 2 heterocycles. The monoisotopic (exact) mass is 328 g/mol. The molecule has 1 aromatic rings. The smallest absolute Gasteiger partial charge is 0.148 e. The number of nitrogens with one attached hydrogen (secondary N) is 1. The third-order valence-electron chi connectivity index (χ3n) is 3.24. The fourth-order valence-corrected chi connectivity index (χ4v) is 2.87. The van der Waals surface area contributed by atoms with E-state index >= 15 is 0 Å². The number of likely N-dealkylation sites (N-methyl/N-ethyl adjacent to an activating group) is 1. The van der Waals surface area contributed by atoms with Gasteiger partial charge >= 0.3 is 0 Å². The number of halogens is 1. The van der Waals surface area contributed by atoms with Gasteiger partial charge in [-0.2, -0.15) is 0 Å². The van der Waals surface area contributed by atoms with Gasteiger partial charge in [0, 0.05) is 26.2 Å². The highest BCUT2D eigenvalue weighted by atomic mass is 79.9. The average molecular weight is 329 g/mol. The Kier molecular flexibility index (Phi) is 5.39. The molecule has 0 bridgehead atoms. The highest BCUT2D eigenvalue weighted by Crippen LogP contribution is 2.30. The molecule has 0 saturated carbocycles. The molecule has 6 heteroatoms. The predicted molar refractivity (Wildman–Crippen MR) is 80.8 cm³/mol. The number of aromatic nitrogens is 2. The van der Waals surface area contributed by atoms with Gasteiger partial charge in [-0.25, -0.2) is 9.97 Å². The molecule has 1 aliphatic heterocycles. The Bertz CT molecular complexity index is 410. The standard InChI is InChI=1S/C13H21BrN4O/c1-3-15-12-11(14)13(17-9-16-12)18(4-2)8-10-6-5-7-19-10/h9-10H,3-8H2,1-2H3,(H,15,16,17). The summed E-state index contributed by atoms with van der Waals surface area (Å²) in [6, 6.07) is 0. The predicted octanol–water partition coefficient (Wildman–Crippen LogP) is 2.68. The van der Waals surface area contributed by atoms with Crippen LogP contribution in [0.3, 0.4) is 0 Å². The van der Waals surface area contributed by atoms with Crippen molar-refractivity contribution in [2.45, 2.75) is 32.8 Å². The molecule has 0 amide bonds. The van der Waals surface area contributed by atoms with Gasteiger partial charge in [-0.3, -0.25) is 0 Å². The molecule has 0 aliphatic carbocycles. The van der Waals surface area contributed by atoms with Crippen LogP contribution in [0, 0.1) is 0 Å². The number of nitrogens with zero attached hydrogens (tertiary/aromatic N) is 3. The molecular weight excluding hydrogens is 308 g/mol. The molecule has 2 rings (SSSR count). The highest BCUT2D eigenvalue weighted by molar-refractivity contribution is 9.10. The minimum Gasteiger partial charge on any atom is -0.376 e. The van der Waals surface area contributed by atoms with E-state index in [9.17, 15) is 0 Å². The molecule has 0 spiro atoms. The second-order valence-electron chi connectivity index (χ2n) is 4.56. The molecule has 1 atom stereocenters. The summed E-state index contributed by atoms with van der Waals surface area (Å²) in [6.45, 7) is 7.70. The van der Waals surface area contributed by atoms with E-state index in [0.717, 1.165) is 55.2 Å². The summed E-state index contributed by atoms with van der Waals surface area (Å²) in [6.07, 6.45) is 4.23. The van der Waals surface area contributed by atoms with Crippen molar-refractivity contribution < 1.29 is 4.74 Å². The van der Waals surface area contributed by atoms with Crippen LogP contribution in [0.4, 0.5) is 11.6 Å². The van der Waals surface area contributed by atoms with Gasteiger partial charge in [-0.1, -0.05) is 0 Å².